The Morgan fingerprint density at radius 2 is 2.11 bits per heavy atom. The predicted molar refractivity (Wildman–Crippen MR) is 81.1 cm³/mol. The Morgan fingerprint density at radius 3 is 2.67 bits per heavy atom. The lowest BCUT2D eigenvalue weighted by molar-refractivity contribution is 0.366. The molecule has 0 heterocycles. The summed E-state index contributed by atoms with van der Waals surface area (Å²) in [4.78, 5) is 10.8. The largest absolute Gasteiger partial charge is 0.309 e. The van der Waals surface area contributed by atoms with Crippen LogP contribution in [0.3, 0.4) is 0 Å². The van der Waals surface area contributed by atoms with E-state index in [0.717, 1.165) is 32.4 Å². The van der Waals surface area contributed by atoms with Gasteiger partial charge in [-0.2, -0.15) is 0 Å². The maximum atomic E-state index is 4.53. The van der Waals surface area contributed by atoms with Gasteiger partial charge < -0.3 is 4.90 Å². The van der Waals surface area contributed by atoms with Gasteiger partial charge in [-0.3, -0.25) is 0 Å². The first-order valence-corrected chi connectivity index (χ1v) is 6.31. The molecule has 0 saturated carbocycles. The van der Waals surface area contributed by atoms with Crippen molar-refractivity contribution in [1.82, 2.24) is 4.90 Å². The van der Waals surface area contributed by atoms with Crippen LogP contribution in [0.25, 0.3) is 0 Å². The van der Waals surface area contributed by atoms with E-state index in [-0.39, 0.29) is 17.9 Å². The maximum absolute atomic E-state index is 4.53. The second-order valence-electron chi connectivity index (χ2n) is 4.69. The van der Waals surface area contributed by atoms with Crippen molar-refractivity contribution in [1.29, 1.82) is 0 Å². The third kappa shape index (κ3) is 6.15. The lowest BCUT2D eigenvalue weighted by Gasteiger charge is -2.26. The molecule has 1 unspecified atom stereocenters. The molecule has 0 amide bonds. The average Bonchev–Trinajstić information content (AvgIpc) is 2.30. The first-order chi connectivity index (χ1) is 8.18. The van der Waals surface area contributed by atoms with Crippen molar-refractivity contribution < 1.29 is 0 Å². The van der Waals surface area contributed by atoms with Crippen LogP contribution in [0.2, 0.25) is 0 Å². The van der Waals surface area contributed by atoms with E-state index in [9.17, 15) is 0 Å². The van der Waals surface area contributed by atoms with Crippen molar-refractivity contribution >= 4 is 18.4 Å². The summed E-state index contributed by atoms with van der Waals surface area (Å²) >= 11 is 0. The lowest BCUT2D eigenvalue weighted by Crippen LogP contribution is -2.26. The summed E-state index contributed by atoms with van der Waals surface area (Å²) in [7, 11) is 4.20. The van der Waals surface area contributed by atoms with Crippen molar-refractivity contribution in [3.63, 3.8) is 0 Å². The van der Waals surface area contributed by atoms with E-state index < -0.39 is 0 Å². The quantitative estimate of drug-likeness (QED) is 0.681. The maximum Gasteiger partial charge on any atom is 0.0935 e. The van der Waals surface area contributed by atoms with Gasteiger partial charge in [-0.15, -0.1) is 12.4 Å². The van der Waals surface area contributed by atoms with Gasteiger partial charge >= 0.3 is 0 Å². The first kappa shape index (κ1) is 17.1. The summed E-state index contributed by atoms with van der Waals surface area (Å²) in [5.41, 5.74) is -0.108. The number of allylic oxidation sites excluding steroid dienone is 2. The lowest BCUT2D eigenvalue weighted by atomic mass is 9.87. The molecule has 1 aliphatic rings. The monoisotopic (exact) mass is 269 g/mol. The Hall–Kier alpha value is -0.890. The Labute approximate surface area is 117 Å². The third-order valence-electron chi connectivity index (χ3n) is 2.84. The van der Waals surface area contributed by atoms with Crippen molar-refractivity contribution in [2.75, 3.05) is 27.2 Å². The van der Waals surface area contributed by atoms with Gasteiger partial charge in [0.2, 0.25) is 0 Å². The number of nitrogens with zero attached hydrogens (tertiary/aromatic N) is 3. The number of hydrogen-bond acceptors (Lipinski definition) is 3. The van der Waals surface area contributed by atoms with Gasteiger partial charge in [-0.25, -0.2) is 9.98 Å². The Balaban J connectivity index is 0.00000289. The third-order valence-corrected chi connectivity index (χ3v) is 2.84. The zero-order valence-electron chi connectivity index (χ0n) is 11.6. The van der Waals surface area contributed by atoms with Gasteiger partial charge in [-0.05, 0) is 46.8 Å². The Bertz CT molecular complexity index is 341. The molecule has 0 spiro atoms. The number of hydrogen-bond donors (Lipinski definition) is 0. The van der Waals surface area contributed by atoms with Crippen LogP contribution in [0.5, 0.6) is 0 Å². The molecule has 0 aliphatic heterocycles. The molecule has 4 heteroatoms. The van der Waals surface area contributed by atoms with E-state index in [4.69, 9.17) is 0 Å². The van der Waals surface area contributed by atoms with Gasteiger partial charge in [0, 0.05) is 6.54 Å². The molecular formula is C14H24ClN3. The van der Waals surface area contributed by atoms with Crippen LogP contribution in [0.4, 0.5) is 0 Å². The molecule has 0 bridgehead atoms. The fraction of sp³-hybridized carbons (Fsp3) is 0.643. The SMILES string of the molecule is CCN=C=NC1(CCCN(C)C)C=CC=CC1.Cl. The summed E-state index contributed by atoms with van der Waals surface area (Å²) in [5, 5.41) is 0. The van der Waals surface area contributed by atoms with Crippen LogP contribution in [0.15, 0.2) is 34.3 Å². The molecule has 18 heavy (non-hydrogen) atoms. The van der Waals surface area contributed by atoms with E-state index in [0.29, 0.717) is 0 Å². The summed E-state index contributed by atoms with van der Waals surface area (Å²) in [6.07, 6.45) is 11.7. The van der Waals surface area contributed by atoms with Crippen molar-refractivity contribution in [3.05, 3.63) is 24.3 Å². The van der Waals surface area contributed by atoms with Crippen LogP contribution >= 0.6 is 12.4 Å². The molecule has 1 atom stereocenters. The highest BCUT2D eigenvalue weighted by molar-refractivity contribution is 5.85. The topological polar surface area (TPSA) is 28.0 Å². The Morgan fingerprint density at radius 1 is 1.33 bits per heavy atom. The molecule has 0 fully saturated rings. The standard InChI is InChI=1S/C14H23N3.ClH/c1-4-15-13-16-14(9-6-5-7-10-14)11-8-12-17(2)3;/h5-7,9H,4,8,10-12H2,1-3H3;1H. The highest BCUT2D eigenvalue weighted by Crippen LogP contribution is 2.27. The molecular weight excluding hydrogens is 246 g/mol. The molecule has 0 aromatic carbocycles. The van der Waals surface area contributed by atoms with E-state index >= 15 is 0 Å². The van der Waals surface area contributed by atoms with Crippen LogP contribution in [-0.2, 0) is 0 Å². The molecule has 1 aliphatic carbocycles. The number of rotatable bonds is 6. The van der Waals surface area contributed by atoms with Crippen LogP contribution in [0.1, 0.15) is 26.2 Å². The average molecular weight is 270 g/mol. The predicted octanol–water partition coefficient (Wildman–Crippen LogP) is 3.20. The van der Waals surface area contributed by atoms with E-state index in [1.165, 1.54) is 0 Å². The van der Waals surface area contributed by atoms with Crippen molar-refractivity contribution in [2.24, 2.45) is 9.98 Å². The molecule has 0 aromatic rings. The zero-order chi connectivity index (χ0) is 12.6. The smallest absolute Gasteiger partial charge is 0.0935 e. The van der Waals surface area contributed by atoms with Crippen molar-refractivity contribution in [2.45, 2.75) is 31.7 Å². The van der Waals surface area contributed by atoms with Gasteiger partial charge in [0.15, 0.2) is 0 Å². The second kappa shape index (κ2) is 9.09. The minimum atomic E-state index is -0.108. The summed E-state index contributed by atoms with van der Waals surface area (Å²) < 4.78 is 0. The van der Waals surface area contributed by atoms with E-state index in [1.54, 1.807) is 0 Å². The van der Waals surface area contributed by atoms with E-state index in [2.05, 4.69) is 59.3 Å². The van der Waals surface area contributed by atoms with Gasteiger partial charge in [-0.1, -0.05) is 24.3 Å². The highest BCUT2D eigenvalue weighted by atomic mass is 35.5. The van der Waals surface area contributed by atoms with Crippen LogP contribution in [0, 0.1) is 0 Å². The Kier molecular flexibility index (Phi) is 8.65. The minimum absolute atomic E-state index is 0. The van der Waals surface area contributed by atoms with E-state index in [1.807, 2.05) is 6.92 Å². The number of halogens is 1. The highest BCUT2D eigenvalue weighted by Gasteiger charge is 2.25. The molecule has 1 rings (SSSR count). The molecule has 0 aromatic heterocycles. The van der Waals surface area contributed by atoms with Crippen molar-refractivity contribution in [3.8, 4) is 0 Å². The van der Waals surface area contributed by atoms with Gasteiger partial charge in [0.05, 0.1) is 11.5 Å². The molecule has 102 valence electrons. The summed E-state index contributed by atoms with van der Waals surface area (Å²) in [5.74, 6) is 0. The summed E-state index contributed by atoms with van der Waals surface area (Å²) in [6, 6.07) is 2.83. The fourth-order valence-corrected chi connectivity index (χ4v) is 1.88. The fourth-order valence-electron chi connectivity index (χ4n) is 1.88. The molecule has 0 radical (unpaired) electrons. The second-order valence-corrected chi connectivity index (χ2v) is 4.69. The number of aliphatic imine (C=N–C) groups is 2. The van der Waals surface area contributed by atoms with Gasteiger partial charge in [0.25, 0.3) is 0 Å². The van der Waals surface area contributed by atoms with Crippen LogP contribution in [-0.4, -0.2) is 43.6 Å². The normalized spacial score (nSPS) is 21.3. The molecule has 0 saturated heterocycles. The minimum Gasteiger partial charge on any atom is -0.309 e. The first-order valence-electron chi connectivity index (χ1n) is 6.31. The molecule has 3 nitrogen and oxygen atoms in total. The van der Waals surface area contributed by atoms with Crippen LogP contribution < -0.4 is 0 Å². The summed E-state index contributed by atoms with van der Waals surface area (Å²) in [6.45, 7) is 3.84. The zero-order valence-corrected chi connectivity index (χ0v) is 12.4. The molecule has 0 N–H and O–H groups in total. The van der Waals surface area contributed by atoms with Gasteiger partial charge in [0.1, 0.15) is 0 Å².